The Bertz CT molecular complexity index is 525. The second-order valence-electron chi connectivity index (χ2n) is 5.76. The Balaban J connectivity index is 1.81. The number of nitrogens with one attached hydrogen (secondary N) is 1. The van der Waals surface area contributed by atoms with Crippen LogP contribution in [0.2, 0.25) is 0 Å². The Morgan fingerprint density at radius 1 is 1.32 bits per heavy atom. The van der Waals surface area contributed by atoms with Crippen molar-refractivity contribution < 1.29 is 9.59 Å². The largest absolute Gasteiger partial charge is 0.343 e. The molecular formula is C17H23BrN2O2. The number of nitrogens with zero attached hydrogens (tertiary/aromatic N) is 1. The van der Waals surface area contributed by atoms with Crippen molar-refractivity contribution in [2.24, 2.45) is 5.92 Å². The van der Waals surface area contributed by atoms with Gasteiger partial charge in [0.2, 0.25) is 11.8 Å². The van der Waals surface area contributed by atoms with Crippen LogP contribution < -0.4 is 5.32 Å². The van der Waals surface area contributed by atoms with E-state index < -0.39 is 0 Å². The van der Waals surface area contributed by atoms with Crippen LogP contribution in [0.3, 0.4) is 0 Å². The number of amides is 2. The maximum absolute atomic E-state index is 12.3. The monoisotopic (exact) mass is 366 g/mol. The van der Waals surface area contributed by atoms with Gasteiger partial charge in [0.05, 0.1) is 0 Å². The van der Waals surface area contributed by atoms with Gasteiger partial charge in [-0.05, 0) is 37.5 Å². The first kappa shape index (κ1) is 17.0. The first-order valence-corrected chi connectivity index (χ1v) is 8.73. The zero-order valence-corrected chi connectivity index (χ0v) is 14.6. The Kier molecular flexibility index (Phi) is 6.43. The summed E-state index contributed by atoms with van der Waals surface area (Å²) < 4.78 is 0.946. The topological polar surface area (TPSA) is 49.4 Å². The minimum Gasteiger partial charge on any atom is -0.343 e. The van der Waals surface area contributed by atoms with Gasteiger partial charge < -0.3 is 10.2 Å². The molecule has 1 heterocycles. The highest BCUT2D eigenvalue weighted by atomic mass is 79.9. The number of carbonyl (C=O) groups is 2. The van der Waals surface area contributed by atoms with E-state index in [-0.39, 0.29) is 17.7 Å². The molecule has 1 aromatic rings. The van der Waals surface area contributed by atoms with E-state index in [1.807, 2.05) is 29.2 Å². The standard InChI is InChI=1S/C17H23BrN2O2/c1-2-3-7-16(21)20-10-8-13(9-11-20)17(22)19-15-6-4-5-14(18)12-15/h4-6,12-13H,2-3,7-11H2,1H3,(H,19,22). The molecular weight excluding hydrogens is 344 g/mol. The molecule has 0 aromatic heterocycles. The number of rotatable bonds is 5. The molecule has 120 valence electrons. The minimum absolute atomic E-state index is 0.00536. The lowest BCUT2D eigenvalue weighted by atomic mass is 9.95. The molecule has 0 spiro atoms. The van der Waals surface area contributed by atoms with Crippen LogP contribution in [0.1, 0.15) is 39.0 Å². The fourth-order valence-electron chi connectivity index (χ4n) is 2.69. The van der Waals surface area contributed by atoms with Crippen LogP contribution >= 0.6 is 15.9 Å². The zero-order valence-electron chi connectivity index (χ0n) is 13.0. The van der Waals surface area contributed by atoms with Gasteiger partial charge in [0, 0.05) is 35.6 Å². The number of hydrogen-bond donors (Lipinski definition) is 1. The molecule has 0 saturated carbocycles. The summed E-state index contributed by atoms with van der Waals surface area (Å²) >= 11 is 3.40. The molecule has 5 heteroatoms. The number of anilines is 1. The summed E-state index contributed by atoms with van der Waals surface area (Å²) in [5.41, 5.74) is 0.806. The van der Waals surface area contributed by atoms with Crippen LogP contribution in [0, 0.1) is 5.92 Å². The minimum atomic E-state index is -0.00536. The molecule has 1 fully saturated rings. The van der Waals surface area contributed by atoms with Crippen LogP contribution in [-0.4, -0.2) is 29.8 Å². The summed E-state index contributed by atoms with van der Waals surface area (Å²) in [5, 5.41) is 2.96. The maximum Gasteiger partial charge on any atom is 0.227 e. The van der Waals surface area contributed by atoms with Gasteiger partial charge in [-0.15, -0.1) is 0 Å². The molecule has 0 unspecified atom stereocenters. The summed E-state index contributed by atoms with van der Waals surface area (Å²) in [5.74, 6) is 0.278. The van der Waals surface area contributed by atoms with Gasteiger partial charge in [-0.25, -0.2) is 0 Å². The molecule has 1 N–H and O–H groups in total. The SMILES string of the molecule is CCCCC(=O)N1CCC(C(=O)Nc2cccc(Br)c2)CC1. The summed E-state index contributed by atoms with van der Waals surface area (Å²) in [6.45, 7) is 3.48. The summed E-state index contributed by atoms with van der Waals surface area (Å²) in [7, 11) is 0. The first-order chi connectivity index (χ1) is 10.6. The highest BCUT2D eigenvalue weighted by Gasteiger charge is 2.27. The normalized spacial score (nSPS) is 15.6. The van der Waals surface area contributed by atoms with E-state index in [1.165, 1.54) is 0 Å². The highest BCUT2D eigenvalue weighted by Crippen LogP contribution is 2.21. The number of carbonyl (C=O) groups excluding carboxylic acids is 2. The van der Waals surface area contributed by atoms with Crippen LogP contribution in [0.4, 0.5) is 5.69 Å². The van der Waals surface area contributed by atoms with E-state index in [0.717, 1.165) is 35.8 Å². The number of benzene rings is 1. The van der Waals surface area contributed by atoms with Crippen LogP contribution in [0.25, 0.3) is 0 Å². The van der Waals surface area contributed by atoms with E-state index >= 15 is 0 Å². The third kappa shape index (κ3) is 4.83. The molecule has 1 aromatic carbocycles. The quantitative estimate of drug-likeness (QED) is 0.860. The lowest BCUT2D eigenvalue weighted by molar-refractivity contribution is -0.134. The van der Waals surface area contributed by atoms with Crippen molar-refractivity contribution >= 4 is 33.4 Å². The van der Waals surface area contributed by atoms with E-state index in [4.69, 9.17) is 0 Å². The van der Waals surface area contributed by atoms with Gasteiger partial charge in [0.25, 0.3) is 0 Å². The molecule has 0 aliphatic carbocycles. The Morgan fingerprint density at radius 2 is 2.05 bits per heavy atom. The lowest BCUT2D eigenvalue weighted by Crippen LogP contribution is -2.41. The van der Waals surface area contributed by atoms with Crippen molar-refractivity contribution in [1.29, 1.82) is 0 Å². The zero-order chi connectivity index (χ0) is 15.9. The smallest absolute Gasteiger partial charge is 0.227 e. The first-order valence-electron chi connectivity index (χ1n) is 7.94. The maximum atomic E-state index is 12.3. The van der Waals surface area contributed by atoms with E-state index in [0.29, 0.717) is 19.5 Å². The number of hydrogen-bond acceptors (Lipinski definition) is 2. The second kappa shape index (κ2) is 8.32. The number of piperidine rings is 1. The van der Waals surface area contributed by atoms with Gasteiger partial charge in [0.1, 0.15) is 0 Å². The predicted octanol–water partition coefficient (Wildman–Crippen LogP) is 3.82. The second-order valence-corrected chi connectivity index (χ2v) is 6.67. The molecule has 4 nitrogen and oxygen atoms in total. The average molecular weight is 367 g/mol. The summed E-state index contributed by atoms with van der Waals surface area (Å²) in [6.07, 6.45) is 4.11. The average Bonchev–Trinajstić information content (AvgIpc) is 2.52. The summed E-state index contributed by atoms with van der Waals surface area (Å²) in [6, 6.07) is 7.60. The van der Waals surface area contributed by atoms with Crippen molar-refractivity contribution in [1.82, 2.24) is 4.90 Å². The van der Waals surface area contributed by atoms with E-state index in [1.54, 1.807) is 0 Å². The third-order valence-electron chi connectivity index (χ3n) is 4.05. The van der Waals surface area contributed by atoms with Gasteiger partial charge in [-0.3, -0.25) is 9.59 Å². The third-order valence-corrected chi connectivity index (χ3v) is 4.55. The van der Waals surface area contributed by atoms with Gasteiger partial charge in [0.15, 0.2) is 0 Å². The van der Waals surface area contributed by atoms with Crippen LogP contribution in [-0.2, 0) is 9.59 Å². The Labute approximate surface area is 140 Å². The molecule has 22 heavy (non-hydrogen) atoms. The molecule has 1 saturated heterocycles. The molecule has 1 aliphatic heterocycles. The Morgan fingerprint density at radius 3 is 2.68 bits per heavy atom. The Hall–Kier alpha value is -1.36. The molecule has 1 aliphatic rings. The fraction of sp³-hybridized carbons (Fsp3) is 0.529. The van der Waals surface area contributed by atoms with Crippen molar-refractivity contribution in [2.75, 3.05) is 18.4 Å². The van der Waals surface area contributed by atoms with Crippen LogP contribution in [0.5, 0.6) is 0 Å². The lowest BCUT2D eigenvalue weighted by Gasteiger charge is -2.31. The molecule has 2 rings (SSSR count). The number of unbranched alkanes of at least 4 members (excludes halogenated alkanes) is 1. The molecule has 0 atom stereocenters. The summed E-state index contributed by atoms with van der Waals surface area (Å²) in [4.78, 5) is 26.2. The van der Waals surface area contributed by atoms with Crippen LogP contribution in [0.15, 0.2) is 28.7 Å². The van der Waals surface area contributed by atoms with Crippen molar-refractivity contribution in [3.05, 3.63) is 28.7 Å². The van der Waals surface area contributed by atoms with E-state index in [2.05, 4.69) is 28.2 Å². The number of halogens is 1. The van der Waals surface area contributed by atoms with Gasteiger partial charge >= 0.3 is 0 Å². The molecule has 2 amide bonds. The predicted molar refractivity (Wildman–Crippen MR) is 91.6 cm³/mol. The molecule has 0 radical (unpaired) electrons. The number of likely N-dealkylation sites (tertiary alicyclic amines) is 1. The van der Waals surface area contributed by atoms with Gasteiger partial charge in [-0.1, -0.05) is 35.3 Å². The molecule has 0 bridgehead atoms. The van der Waals surface area contributed by atoms with Gasteiger partial charge in [-0.2, -0.15) is 0 Å². The van der Waals surface area contributed by atoms with Crippen molar-refractivity contribution in [2.45, 2.75) is 39.0 Å². The highest BCUT2D eigenvalue weighted by molar-refractivity contribution is 9.10. The van der Waals surface area contributed by atoms with Crippen molar-refractivity contribution in [3.8, 4) is 0 Å². The van der Waals surface area contributed by atoms with E-state index in [9.17, 15) is 9.59 Å². The fourth-order valence-corrected chi connectivity index (χ4v) is 3.09. The van der Waals surface area contributed by atoms with Crippen molar-refractivity contribution in [3.63, 3.8) is 0 Å².